The topological polar surface area (TPSA) is 41.9 Å². The first kappa shape index (κ1) is 17.9. The molecule has 0 amide bonds. The van der Waals surface area contributed by atoms with Crippen LogP contribution in [-0.4, -0.2) is 44.1 Å². The average molecular weight is 375 g/mol. The van der Waals surface area contributed by atoms with E-state index in [1.165, 1.54) is 0 Å². The van der Waals surface area contributed by atoms with Crippen LogP contribution in [-0.2, 0) is 9.47 Å². The van der Waals surface area contributed by atoms with Crippen molar-refractivity contribution in [3.05, 3.63) is 29.6 Å². The Morgan fingerprint density at radius 2 is 1.96 bits per heavy atom. The molecule has 2 saturated carbocycles. The molecular weight excluding hydrogens is 345 g/mol. The largest absolute Gasteiger partial charge is 0.392 e. The van der Waals surface area contributed by atoms with Gasteiger partial charge in [-0.1, -0.05) is 19.9 Å². The van der Waals surface area contributed by atoms with Crippen LogP contribution in [0.25, 0.3) is 0 Å². The van der Waals surface area contributed by atoms with Crippen molar-refractivity contribution in [2.24, 2.45) is 22.7 Å². The Morgan fingerprint density at radius 3 is 2.67 bits per heavy atom. The highest BCUT2D eigenvalue weighted by molar-refractivity contribution is 5.50. The number of hydrogen-bond acceptors (Lipinski definition) is 4. The van der Waals surface area contributed by atoms with Crippen LogP contribution >= 0.6 is 0 Å². The summed E-state index contributed by atoms with van der Waals surface area (Å²) in [7, 11) is 0. The van der Waals surface area contributed by atoms with Crippen LogP contribution in [0.2, 0.25) is 0 Å². The van der Waals surface area contributed by atoms with Gasteiger partial charge >= 0.3 is 0 Å². The molecule has 1 spiro atoms. The number of anilines is 1. The van der Waals surface area contributed by atoms with Crippen molar-refractivity contribution in [3.8, 4) is 0 Å². The summed E-state index contributed by atoms with van der Waals surface area (Å²) >= 11 is 0. The molecule has 2 aliphatic carbocycles. The smallest absolute Gasteiger partial charge is 0.146 e. The Labute approximate surface area is 160 Å². The third-order valence-electron chi connectivity index (χ3n) is 8.09. The van der Waals surface area contributed by atoms with Crippen LogP contribution < -0.4 is 4.90 Å². The zero-order chi connectivity index (χ0) is 18.8. The van der Waals surface area contributed by atoms with E-state index < -0.39 is 0 Å². The van der Waals surface area contributed by atoms with E-state index in [0.717, 1.165) is 37.9 Å². The number of aliphatic hydroxyl groups excluding tert-OH is 1. The molecule has 2 heterocycles. The molecule has 4 aliphatic rings. The van der Waals surface area contributed by atoms with Crippen molar-refractivity contribution >= 4 is 5.69 Å². The lowest BCUT2D eigenvalue weighted by Crippen LogP contribution is -2.51. The zero-order valence-electron chi connectivity index (χ0n) is 16.3. The molecular formula is C22H30FNO3. The molecule has 148 valence electrons. The van der Waals surface area contributed by atoms with Crippen molar-refractivity contribution in [1.29, 1.82) is 0 Å². The molecule has 4 nitrogen and oxygen atoms in total. The van der Waals surface area contributed by atoms with Crippen molar-refractivity contribution in [3.63, 3.8) is 0 Å². The van der Waals surface area contributed by atoms with Crippen LogP contribution in [0, 0.1) is 28.5 Å². The lowest BCUT2D eigenvalue weighted by atomic mass is 9.60. The fourth-order valence-corrected chi connectivity index (χ4v) is 6.51. The number of nitrogens with zero attached hydrogens (tertiary/aromatic N) is 1. The van der Waals surface area contributed by atoms with Gasteiger partial charge in [0.1, 0.15) is 5.82 Å². The Morgan fingerprint density at radius 1 is 1.19 bits per heavy atom. The van der Waals surface area contributed by atoms with Gasteiger partial charge in [0.2, 0.25) is 0 Å². The van der Waals surface area contributed by atoms with E-state index in [1.807, 2.05) is 12.1 Å². The normalized spacial score (nSPS) is 40.2. The molecule has 5 atom stereocenters. The molecule has 5 rings (SSSR count). The van der Waals surface area contributed by atoms with Gasteiger partial charge in [-0.05, 0) is 54.2 Å². The third-order valence-corrected chi connectivity index (χ3v) is 8.09. The van der Waals surface area contributed by atoms with Gasteiger partial charge < -0.3 is 19.5 Å². The summed E-state index contributed by atoms with van der Waals surface area (Å²) in [6.07, 6.45) is 2.67. The maximum Gasteiger partial charge on any atom is 0.146 e. The van der Waals surface area contributed by atoms with E-state index in [-0.39, 0.29) is 34.8 Å². The van der Waals surface area contributed by atoms with E-state index in [1.54, 1.807) is 6.07 Å². The second-order valence-electron chi connectivity index (χ2n) is 9.55. The highest BCUT2D eigenvalue weighted by atomic mass is 19.1. The molecule has 1 aromatic carbocycles. The summed E-state index contributed by atoms with van der Waals surface area (Å²) in [5, 5.41) is 11.1. The molecule has 0 aromatic heterocycles. The maximum atomic E-state index is 14.9. The standard InChI is InChI=1S/C22H30FNO3/c1-21(2)15-12-16-19(27-8-5-22(16,13-15)20(21)25)14-3-4-18(17(23)11-14)24-6-9-26-10-7-24/h3-4,11,15-16,19-20,25H,5-10,12-13H2,1-2H3/t15-,16-,19-,20-,22?/m1/s1. The summed E-state index contributed by atoms with van der Waals surface area (Å²) in [6.45, 7) is 7.80. The molecule has 5 heteroatoms. The first-order chi connectivity index (χ1) is 12.9. The van der Waals surface area contributed by atoms with Crippen LogP contribution in [0.1, 0.15) is 44.8 Å². The molecule has 2 aliphatic heterocycles. The quantitative estimate of drug-likeness (QED) is 0.859. The lowest BCUT2D eigenvalue weighted by molar-refractivity contribution is -0.164. The van der Waals surface area contributed by atoms with E-state index in [9.17, 15) is 9.50 Å². The number of morpholine rings is 1. The first-order valence-electron chi connectivity index (χ1n) is 10.4. The minimum Gasteiger partial charge on any atom is -0.392 e. The van der Waals surface area contributed by atoms with Crippen molar-refractivity contribution < 1.29 is 19.0 Å². The van der Waals surface area contributed by atoms with Gasteiger partial charge in [0.25, 0.3) is 0 Å². The number of rotatable bonds is 2. The Kier molecular flexibility index (Phi) is 4.09. The first-order valence-corrected chi connectivity index (χ1v) is 10.4. The van der Waals surface area contributed by atoms with Gasteiger partial charge in [-0.3, -0.25) is 0 Å². The van der Waals surface area contributed by atoms with E-state index in [0.29, 0.717) is 31.4 Å². The summed E-state index contributed by atoms with van der Waals surface area (Å²) < 4.78 is 26.5. The number of benzene rings is 1. The molecule has 2 bridgehead atoms. The van der Waals surface area contributed by atoms with E-state index in [2.05, 4.69) is 18.7 Å². The number of fused-ring (bicyclic) bond motifs is 1. The lowest BCUT2D eigenvalue weighted by Gasteiger charge is -2.51. The SMILES string of the molecule is CC1(C)[C@@H]2C[C@@H]3[C@@H](c4ccc(N5CCOCC5)c(F)c4)OCCC3(C2)[C@@H]1O. The monoisotopic (exact) mass is 375 g/mol. The fraction of sp³-hybridized carbons (Fsp3) is 0.727. The van der Waals surface area contributed by atoms with Gasteiger partial charge in [0.05, 0.1) is 31.1 Å². The fourth-order valence-electron chi connectivity index (χ4n) is 6.51. The number of aliphatic hydroxyl groups is 1. The van der Waals surface area contributed by atoms with Gasteiger partial charge in [-0.25, -0.2) is 4.39 Å². The molecule has 27 heavy (non-hydrogen) atoms. The molecule has 4 fully saturated rings. The molecule has 1 N–H and O–H groups in total. The second kappa shape index (κ2) is 6.16. The minimum atomic E-state index is -0.294. The highest BCUT2D eigenvalue weighted by Crippen LogP contribution is 2.70. The van der Waals surface area contributed by atoms with Crippen LogP contribution in [0.4, 0.5) is 10.1 Å². The summed E-state index contributed by atoms with van der Waals surface area (Å²) in [6, 6.07) is 5.59. The maximum absolute atomic E-state index is 14.9. The summed E-state index contributed by atoms with van der Waals surface area (Å²) in [4.78, 5) is 2.05. The van der Waals surface area contributed by atoms with Crippen LogP contribution in [0.5, 0.6) is 0 Å². The van der Waals surface area contributed by atoms with Gasteiger partial charge in [-0.2, -0.15) is 0 Å². The number of ether oxygens (including phenoxy) is 2. The van der Waals surface area contributed by atoms with Gasteiger partial charge in [-0.15, -0.1) is 0 Å². The average Bonchev–Trinajstić information content (AvgIpc) is 3.16. The Balaban J connectivity index is 1.43. The van der Waals surface area contributed by atoms with Crippen LogP contribution in [0.3, 0.4) is 0 Å². The van der Waals surface area contributed by atoms with E-state index >= 15 is 0 Å². The Hall–Kier alpha value is -1.17. The zero-order valence-corrected chi connectivity index (χ0v) is 16.3. The summed E-state index contributed by atoms with van der Waals surface area (Å²) in [5.41, 5.74) is 1.49. The van der Waals surface area contributed by atoms with Crippen molar-refractivity contribution in [2.75, 3.05) is 37.8 Å². The minimum absolute atomic E-state index is 0.0240. The molecule has 1 aromatic rings. The van der Waals surface area contributed by atoms with Gasteiger partial charge in [0.15, 0.2) is 0 Å². The molecule has 0 radical (unpaired) electrons. The van der Waals surface area contributed by atoms with Crippen molar-refractivity contribution in [1.82, 2.24) is 0 Å². The number of hydrogen-bond donors (Lipinski definition) is 1. The molecule has 2 saturated heterocycles. The second-order valence-corrected chi connectivity index (χ2v) is 9.55. The predicted molar refractivity (Wildman–Crippen MR) is 101 cm³/mol. The highest BCUT2D eigenvalue weighted by Gasteiger charge is 2.68. The molecule has 1 unspecified atom stereocenters. The van der Waals surface area contributed by atoms with E-state index in [4.69, 9.17) is 9.47 Å². The Bertz CT molecular complexity index is 732. The van der Waals surface area contributed by atoms with Crippen LogP contribution in [0.15, 0.2) is 18.2 Å². The third kappa shape index (κ3) is 2.51. The summed E-state index contributed by atoms with van der Waals surface area (Å²) in [5.74, 6) is 0.633. The predicted octanol–water partition coefficient (Wildman–Crippen LogP) is 3.54. The van der Waals surface area contributed by atoms with Gasteiger partial charge in [0, 0.05) is 25.1 Å². The number of halogens is 1. The van der Waals surface area contributed by atoms with Crippen molar-refractivity contribution in [2.45, 2.75) is 45.3 Å².